The maximum atomic E-state index is 12.3. The highest BCUT2D eigenvalue weighted by Crippen LogP contribution is 2.10. The van der Waals surface area contributed by atoms with Crippen LogP contribution >= 0.6 is 0 Å². The molecule has 7 nitrogen and oxygen atoms in total. The molecule has 1 fully saturated rings. The van der Waals surface area contributed by atoms with Gasteiger partial charge in [0.15, 0.2) is 0 Å². The van der Waals surface area contributed by atoms with Gasteiger partial charge in [-0.25, -0.2) is 4.79 Å². The first-order chi connectivity index (χ1) is 11.3. The van der Waals surface area contributed by atoms with Crippen LogP contribution in [0.25, 0.3) is 0 Å². The number of nitrogens with one attached hydrogen (secondary N) is 2. The van der Waals surface area contributed by atoms with E-state index in [1.807, 2.05) is 27.0 Å². The predicted octanol–water partition coefficient (Wildman–Crippen LogP) is 1.40. The molecule has 7 heteroatoms. The van der Waals surface area contributed by atoms with Crippen molar-refractivity contribution >= 4 is 6.03 Å². The molecule has 136 valence electrons. The fraction of sp³-hybridized carbons (Fsp3) is 0.765. The predicted molar refractivity (Wildman–Crippen MR) is 94.1 cm³/mol. The van der Waals surface area contributed by atoms with Gasteiger partial charge < -0.3 is 15.0 Å². The molecule has 1 aliphatic rings. The third-order valence-electron chi connectivity index (χ3n) is 4.24. The summed E-state index contributed by atoms with van der Waals surface area (Å²) in [6, 6.07) is 2.02. The summed E-state index contributed by atoms with van der Waals surface area (Å²) in [5.41, 5.74) is 2.01. The lowest BCUT2D eigenvalue weighted by Gasteiger charge is -2.36. The van der Waals surface area contributed by atoms with Gasteiger partial charge in [-0.05, 0) is 33.8 Å². The number of urea groups is 1. The maximum Gasteiger partial charge on any atom is 0.317 e. The maximum absolute atomic E-state index is 12.3. The Hall–Kier alpha value is -1.60. The van der Waals surface area contributed by atoms with Crippen molar-refractivity contribution in [2.45, 2.75) is 52.4 Å². The number of rotatable bonds is 6. The zero-order valence-electron chi connectivity index (χ0n) is 15.5. The van der Waals surface area contributed by atoms with Gasteiger partial charge in [0.25, 0.3) is 0 Å². The van der Waals surface area contributed by atoms with Gasteiger partial charge in [-0.15, -0.1) is 0 Å². The van der Waals surface area contributed by atoms with Crippen LogP contribution in [0.4, 0.5) is 4.79 Å². The summed E-state index contributed by atoms with van der Waals surface area (Å²) in [7, 11) is 1.84. The lowest BCUT2D eigenvalue weighted by molar-refractivity contribution is -0.0684. The van der Waals surface area contributed by atoms with Crippen LogP contribution in [-0.4, -0.2) is 77.5 Å². The summed E-state index contributed by atoms with van der Waals surface area (Å²) in [6.45, 7) is 11.6. The number of carbonyl (C=O) groups is 1. The summed E-state index contributed by atoms with van der Waals surface area (Å²) in [6.07, 6.45) is 1.23. The largest absolute Gasteiger partial charge is 0.373 e. The Morgan fingerprint density at radius 3 is 2.75 bits per heavy atom. The number of carbonyl (C=O) groups excluding carboxylic acids is 1. The van der Waals surface area contributed by atoms with Gasteiger partial charge in [0.2, 0.25) is 0 Å². The Morgan fingerprint density at radius 2 is 2.17 bits per heavy atom. The highest BCUT2D eigenvalue weighted by atomic mass is 16.5. The van der Waals surface area contributed by atoms with Crippen LogP contribution in [0.5, 0.6) is 0 Å². The van der Waals surface area contributed by atoms with Gasteiger partial charge in [-0.3, -0.25) is 10.00 Å². The minimum Gasteiger partial charge on any atom is -0.373 e. The molecule has 1 saturated heterocycles. The second kappa shape index (κ2) is 8.48. The fourth-order valence-corrected chi connectivity index (χ4v) is 3.12. The number of nitrogens with zero attached hydrogens (tertiary/aromatic N) is 3. The quantitative estimate of drug-likeness (QED) is 0.823. The number of H-pyrrole nitrogens is 1. The molecular formula is C17H31N5O2. The molecule has 2 heterocycles. The van der Waals surface area contributed by atoms with Crippen molar-refractivity contribution in [1.29, 1.82) is 0 Å². The van der Waals surface area contributed by atoms with Gasteiger partial charge in [-0.2, -0.15) is 5.10 Å². The third kappa shape index (κ3) is 5.79. The average Bonchev–Trinajstić information content (AvgIpc) is 2.88. The summed E-state index contributed by atoms with van der Waals surface area (Å²) < 4.78 is 5.74. The third-order valence-corrected chi connectivity index (χ3v) is 4.24. The molecular weight excluding hydrogens is 306 g/mol. The highest BCUT2D eigenvalue weighted by molar-refractivity contribution is 5.74. The summed E-state index contributed by atoms with van der Waals surface area (Å²) in [4.78, 5) is 16.4. The van der Waals surface area contributed by atoms with E-state index < -0.39 is 0 Å². The molecule has 1 aromatic heterocycles. The summed E-state index contributed by atoms with van der Waals surface area (Å²) >= 11 is 0. The Bertz CT molecular complexity index is 523. The van der Waals surface area contributed by atoms with E-state index in [0.29, 0.717) is 6.54 Å². The Balaban J connectivity index is 1.71. The molecule has 0 saturated carbocycles. The molecule has 0 spiro atoms. The molecule has 1 aliphatic heterocycles. The van der Waals surface area contributed by atoms with Gasteiger partial charge in [0.05, 0.1) is 17.9 Å². The molecule has 0 aromatic carbocycles. The van der Waals surface area contributed by atoms with Crippen molar-refractivity contribution in [1.82, 2.24) is 25.3 Å². The van der Waals surface area contributed by atoms with Crippen molar-refractivity contribution in [3.05, 3.63) is 17.5 Å². The first-order valence-electron chi connectivity index (χ1n) is 8.73. The van der Waals surface area contributed by atoms with Gasteiger partial charge >= 0.3 is 6.03 Å². The van der Waals surface area contributed by atoms with E-state index in [0.717, 1.165) is 37.4 Å². The van der Waals surface area contributed by atoms with Crippen LogP contribution in [0.3, 0.4) is 0 Å². The number of hydrogen-bond donors (Lipinski definition) is 2. The number of ether oxygens (including phenoxy) is 1. The van der Waals surface area contributed by atoms with E-state index >= 15 is 0 Å². The monoisotopic (exact) mass is 337 g/mol. The van der Waals surface area contributed by atoms with E-state index in [1.54, 1.807) is 4.90 Å². The Kier molecular flexibility index (Phi) is 6.62. The molecule has 3 atom stereocenters. The molecule has 0 unspecified atom stereocenters. The minimum atomic E-state index is -0.0379. The zero-order chi connectivity index (χ0) is 17.7. The number of aromatic amines is 1. The topological polar surface area (TPSA) is 73.5 Å². The molecule has 2 N–H and O–H groups in total. The normalized spacial score (nSPS) is 23.0. The first kappa shape index (κ1) is 18.7. The average molecular weight is 337 g/mol. The smallest absolute Gasteiger partial charge is 0.317 e. The van der Waals surface area contributed by atoms with E-state index in [2.05, 4.69) is 34.3 Å². The SMILES string of the molecule is Cc1cc(C[C@H](C)NC(=O)N(C)CCN2C[C@@H](C)O[C@@H](C)C2)n[nH]1. The molecule has 24 heavy (non-hydrogen) atoms. The highest BCUT2D eigenvalue weighted by Gasteiger charge is 2.22. The van der Waals surface area contributed by atoms with Crippen molar-refractivity contribution in [3.63, 3.8) is 0 Å². The summed E-state index contributed by atoms with van der Waals surface area (Å²) in [5.74, 6) is 0. The van der Waals surface area contributed by atoms with Crippen LogP contribution in [-0.2, 0) is 11.2 Å². The second-order valence-corrected chi connectivity index (χ2v) is 7.04. The van der Waals surface area contributed by atoms with Crippen LogP contribution in [0.1, 0.15) is 32.2 Å². The van der Waals surface area contributed by atoms with E-state index in [-0.39, 0.29) is 24.3 Å². The number of likely N-dealkylation sites (N-methyl/N-ethyl adjacent to an activating group) is 1. The lowest BCUT2D eigenvalue weighted by Crippen LogP contribution is -2.49. The van der Waals surface area contributed by atoms with E-state index in [1.165, 1.54) is 0 Å². The minimum absolute atomic E-state index is 0.0379. The molecule has 1 aromatic rings. The molecule has 0 radical (unpaired) electrons. The van der Waals surface area contributed by atoms with E-state index in [4.69, 9.17) is 4.74 Å². The van der Waals surface area contributed by atoms with Crippen molar-refractivity contribution in [3.8, 4) is 0 Å². The Morgan fingerprint density at radius 1 is 1.50 bits per heavy atom. The van der Waals surface area contributed by atoms with Gasteiger partial charge in [-0.1, -0.05) is 0 Å². The van der Waals surface area contributed by atoms with E-state index in [9.17, 15) is 4.79 Å². The van der Waals surface area contributed by atoms with Crippen LogP contribution in [0.15, 0.2) is 6.07 Å². The summed E-state index contributed by atoms with van der Waals surface area (Å²) in [5, 5.41) is 10.2. The standard InChI is InChI=1S/C17H31N5O2/c1-12(8-16-9-13(2)19-20-16)18-17(23)21(5)6-7-22-10-14(3)24-15(4)11-22/h9,12,14-15H,6-8,10-11H2,1-5H3,(H,18,23)(H,19,20)/t12-,14-,15+/m0/s1. The number of amides is 2. The zero-order valence-corrected chi connectivity index (χ0v) is 15.5. The fourth-order valence-electron chi connectivity index (χ4n) is 3.12. The molecule has 2 amide bonds. The Labute approximate surface area is 144 Å². The van der Waals surface area contributed by atoms with Gasteiger partial charge in [0, 0.05) is 51.4 Å². The van der Waals surface area contributed by atoms with Crippen molar-refractivity contribution < 1.29 is 9.53 Å². The molecule has 0 aliphatic carbocycles. The number of aryl methyl sites for hydroxylation is 1. The van der Waals surface area contributed by atoms with Crippen LogP contribution in [0.2, 0.25) is 0 Å². The number of aromatic nitrogens is 2. The first-order valence-corrected chi connectivity index (χ1v) is 8.73. The second-order valence-electron chi connectivity index (χ2n) is 7.04. The van der Waals surface area contributed by atoms with Crippen LogP contribution < -0.4 is 5.32 Å². The number of morpholine rings is 1. The van der Waals surface area contributed by atoms with Crippen LogP contribution in [0, 0.1) is 6.92 Å². The van der Waals surface area contributed by atoms with Crippen molar-refractivity contribution in [2.75, 3.05) is 33.2 Å². The van der Waals surface area contributed by atoms with Gasteiger partial charge in [0.1, 0.15) is 0 Å². The lowest BCUT2D eigenvalue weighted by atomic mass is 10.2. The number of hydrogen-bond acceptors (Lipinski definition) is 4. The molecule has 2 rings (SSSR count). The van der Waals surface area contributed by atoms with Crippen molar-refractivity contribution in [2.24, 2.45) is 0 Å². The molecule has 0 bridgehead atoms.